The monoisotopic (exact) mass is 579 g/mol. The van der Waals surface area contributed by atoms with Gasteiger partial charge in [0, 0.05) is 53.2 Å². The number of carbonyl (C=O) groups is 1. The number of aromatic hydroxyl groups is 1. The minimum Gasteiger partial charge on any atom is -0.505 e. The molecule has 0 fully saturated rings. The molecule has 0 aliphatic rings. The number of fused-ring (bicyclic) bond motifs is 1. The van der Waals surface area contributed by atoms with E-state index in [0.29, 0.717) is 0 Å². The molecule has 15 heteroatoms. The third kappa shape index (κ3) is 7.19. The number of hydrogen-bond acceptors (Lipinski definition) is 9. The summed E-state index contributed by atoms with van der Waals surface area (Å²) in [5, 5.41) is 23.8. The fraction of sp³-hybridized carbons (Fsp3) is 0.0417. The Morgan fingerprint density at radius 2 is 1.44 bits per heavy atom. The van der Waals surface area contributed by atoms with E-state index in [1.807, 2.05) is 30.3 Å². The number of carbonyl (C=O) groups excluding carboxylic acids is 1. The van der Waals surface area contributed by atoms with E-state index < -0.39 is 47.4 Å². The Morgan fingerprint density at radius 1 is 0.821 bits per heavy atom. The van der Waals surface area contributed by atoms with Crippen molar-refractivity contribution in [1.29, 1.82) is 0 Å². The van der Waals surface area contributed by atoms with E-state index >= 15 is 0 Å². The molecule has 0 saturated heterocycles. The number of rotatable bonds is 7. The summed E-state index contributed by atoms with van der Waals surface area (Å²) < 4.78 is 66.9. The first-order valence-corrected chi connectivity index (χ1v) is 13.6. The van der Waals surface area contributed by atoms with Crippen molar-refractivity contribution in [3.8, 4) is 5.75 Å². The number of benzene rings is 4. The van der Waals surface area contributed by atoms with Crippen molar-refractivity contribution < 1.29 is 35.8 Å². The van der Waals surface area contributed by atoms with Crippen molar-refractivity contribution >= 4 is 94.9 Å². The Labute approximate surface area is 245 Å². The Hall–Kier alpha value is -3.37. The van der Waals surface area contributed by atoms with E-state index in [4.69, 9.17) is 0 Å². The average Bonchev–Trinajstić information content (AvgIpc) is 2.83. The summed E-state index contributed by atoms with van der Waals surface area (Å²) in [6.07, 6.45) is 0. The molecule has 39 heavy (non-hydrogen) atoms. The summed E-state index contributed by atoms with van der Waals surface area (Å²) in [4.78, 5) is 10.1. The number of nitrogens with one attached hydrogen (secondary N) is 2. The van der Waals surface area contributed by atoms with E-state index in [0.717, 1.165) is 36.5 Å². The topological polar surface area (TPSA) is 195 Å². The first-order valence-electron chi connectivity index (χ1n) is 10.7. The van der Waals surface area contributed by atoms with Crippen molar-refractivity contribution in [2.24, 2.45) is 10.2 Å². The maximum absolute atomic E-state index is 12.1. The molecule has 0 saturated carbocycles. The van der Waals surface area contributed by atoms with Crippen LogP contribution in [0.3, 0.4) is 0 Å². The van der Waals surface area contributed by atoms with Crippen LogP contribution in [0, 0.1) is 0 Å². The summed E-state index contributed by atoms with van der Waals surface area (Å²) in [6, 6.07) is 18.5. The maximum atomic E-state index is 12.1. The fourth-order valence-electron chi connectivity index (χ4n) is 3.60. The molecule has 0 aliphatic heterocycles. The quantitative estimate of drug-likeness (QED) is 0.116. The summed E-state index contributed by atoms with van der Waals surface area (Å²) in [7, 11) is -9.79. The molecule has 4 rings (SSSR count). The van der Waals surface area contributed by atoms with Crippen LogP contribution in [-0.4, -0.2) is 66.5 Å². The molecule has 0 aliphatic carbocycles. The van der Waals surface area contributed by atoms with Gasteiger partial charge in [0.2, 0.25) is 5.91 Å². The van der Waals surface area contributed by atoms with E-state index in [1.54, 1.807) is 24.3 Å². The van der Waals surface area contributed by atoms with Crippen molar-refractivity contribution in [3.63, 3.8) is 0 Å². The van der Waals surface area contributed by atoms with Gasteiger partial charge in [-0.2, -0.15) is 21.9 Å². The molecule has 5 N–H and O–H groups in total. The van der Waals surface area contributed by atoms with Crippen LogP contribution in [0.2, 0.25) is 0 Å². The SMILES string of the molecule is CC(=O)Nc1cc(S(=O)(=O)O)cc2cc(S(=O)(=O)O)c(N=Nc3ccc(Nc4ccccc4)cc3)c(O)c12.[Na]. The van der Waals surface area contributed by atoms with E-state index in [-0.39, 0.29) is 51.7 Å². The van der Waals surface area contributed by atoms with Crippen LogP contribution in [0.4, 0.5) is 28.4 Å². The number of hydrogen-bond donors (Lipinski definition) is 5. The fourth-order valence-corrected chi connectivity index (χ4v) is 4.80. The van der Waals surface area contributed by atoms with Crippen LogP contribution in [0.1, 0.15) is 6.92 Å². The minimum atomic E-state index is -5.00. The zero-order valence-corrected chi connectivity index (χ0v) is 24.2. The third-order valence-electron chi connectivity index (χ3n) is 5.21. The molecule has 0 unspecified atom stereocenters. The van der Waals surface area contributed by atoms with Crippen LogP contribution in [-0.2, 0) is 25.0 Å². The molecule has 4 aromatic carbocycles. The number of amides is 1. The van der Waals surface area contributed by atoms with Crippen molar-refractivity contribution in [2.45, 2.75) is 16.7 Å². The normalized spacial score (nSPS) is 11.8. The number of azo groups is 1. The molecule has 197 valence electrons. The summed E-state index contributed by atoms with van der Waals surface area (Å²) in [5.74, 6) is -1.46. The predicted octanol–water partition coefficient (Wildman–Crippen LogP) is 4.78. The second kappa shape index (κ2) is 11.8. The standard InChI is InChI=1S/C24H20N4O8S2.Na/c1-14(29)25-20-13-19(37(31,32)33)11-15-12-21(38(34,35)36)23(24(30)22(15)20)28-27-18-9-7-17(8-10-18)26-16-5-3-2-4-6-16;/h2-13,26,30H,1H3,(H,25,29)(H,31,32,33)(H,34,35,36);. The zero-order valence-electron chi connectivity index (χ0n) is 20.5. The zero-order chi connectivity index (χ0) is 27.7. The van der Waals surface area contributed by atoms with Gasteiger partial charge >= 0.3 is 0 Å². The van der Waals surface area contributed by atoms with Crippen molar-refractivity contribution in [3.05, 3.63) is 72.8 Å². The van der Waals surface area contributed by atoms with Gasteiger partial charge in [0.05, 0.1) is 16.3 Å². The Morgan fingerprint density at radius 3 is 2.00 bits per heavy atom. The van der Waals surface area contributed by atoms with Gasteiger partial charge in [0.1, 0.15) is 10.6 Å². The van der Waals surface area contributed by atoms with Crippen molar-refractivity contribution in [1.82, 2.24) is 0 Å². The van der Waals surface area contributed by atoms with Crippen LogP contribution >= 0.6 is 0 Å². The van der Waals surface area contributed by atoms with Crippen LogP contribution < -0.4 is 10.6 Å². The largest absolute Gasteiger partial charge is 0.505 e. The number of phenolic OH excluding ortho intramolecular Hbond substituents is 1. The summed E-state index contributed by atoms with van der Waals surface area (Å²) in [5.41, 5.74) is 0.950. The molecule has 1 amide bonds. The third-order valence-corrected chi connectivity index (χ3v) is 6.90. The molecular formula is C24H20N4NaO8S2. The summed E-state index contributed by atoms with van der Waals surface area (Å²) in [6.45, 7) is 1.12. The Balaban J connectivity index is 0.00000420. The van der Waals surface area contributed by atoms with Crippen LogP contribution in [0.5, 0.6) is 5.75 Å². The number of anilines is 3. The van der Waals surface area contributed by atoms with Gasteiger partial charge in [0.15, 0.2) is 5.75 Å². The first-order chi connectivity index (χ1) is 17.8. The molecule has 0 spiro atoms. The molecule has 0 atom stereocenters. The van der Waals surface area contributed by atoms with Gasteiger partial charge in [0.25, 0.3) is 20.2 Å². The Bertz CT molecular complexity index is 1800. The molecule has 4 aromatic rings. The number of nitrogens with zero attached hydrogens (tertiary/aromatic N) is 2. The molecule has 1 radical (unpaired) electrons. The van der Waals surface area contributed by atoms with Gasteiger partial charge in [-0.25, -0.2) is 0 Å². The van der Waals surface area contributed by atoms with Gasteiger partial charge in [-0.3, -0.25) is 13.9 Å². The smallest absolute Gasteiger partial charge is 0.296 e. The van der Waals surface area contributed by atoms with Gasteiger partial charge < -0.3 is 15.7 Å². The average molecular weight is 580 g/mol. The van der Waals surface area contributed by atoms with Crippen LogP contribution in [0.25, 0.3) is 10.8 Å². The molecule has 0 bridgehead atoms. The maximum Gasteiger partial charge on any atom is 0.296 e. The second-order valence-electron chi connectivity index (χ2n) is 8.01. The number of phenols is 1. The van der Waals surface area contributed by atoms with E-state index in [2.05, 4.69) is 20.9 Å². The van der Waals surface area contributed by atoms with E-state index in [1.165, 1.54) is 0 Å². The van der Waals surface area contributed by atoms with Gasteiger partial charge in [-0.1, -0.05) is 18.2 Å². The van der Waals surface area contributed by atoms with Gasteiger partial charge in [-0.15, -0.1) is 5.11 Å². The van der Waals surface area contributed by atoms with Crippen LogP contribution in [0.15, 0.2) is 92.8 Å². The predicted molar refractivity (Wildman–Crippen MR) is 146 cm³/mol. The first kappa shape index (κ1) is 30.2. The number of para-hydroxylation sites is 1. The minimum absolute atomic E-state index is 0. The van der Waals surface area contributed by atoms with Crippen molar-refractivity contribution in [2.75, 3.05) is 10.6 Å². The Kier molecular flexibility index (Phi) is 9.12. The molecule has 12 nitrogen and oxygen atoms in total. The molecular weight excluding hydrogens is 559 g/mol. The van der Waals surface area contributed by atoms with Gasteiger partial charge in [-0.05, 0) is 60.0 Å². The van der Waals surface area contributed by atoms with E-state index in [9.17, 15) is 35.8 Å². The molecule has 0 heterocycles. The second-order valence-corrected chi connectivity index (χ2v) is 10.8. The molecule has 0 aromatic heterocycles. The summed E-state index contributed by atoms with van der Waals surface area (Å²) >= 11 is 0.